The SMILES string of the molecule is C[C@@H](O)[C@H](NCc1ccc(OCc2cccc(-c3ccccc3)c2Br)c([N+](=O)[O-])c1)C(=O)O. The normalized spacial score (nSPS) is 12.7. The third kappa shape index (κ3) is 6.16. The van der Waals surface area contributed by atoms with Crippen LogP contribution in [0, 0.1) is 10.1 Å². The number of halogens is 1. The van der Waals surface area contributed by atoms with E-state index in [9.17, 15) is 20.0 Å². The number of aliphatic hydroxyl groups excluding tert-OH is 1. The molecule has 0 aromatic heterocycles. The van der Waals surface area contributed by atoms with Crippen LogP contribution in [0.5, 0.6) is 5.75 Å². The monoisotopic (exact) mass is 514 g/mol. The summed E-state index contributed by atoms with van der Waals surface area (Å²) in [4.78, 5) is 22.3. The van der Waals surface area contributed by atoms with Gasteiger partial charge in [0.2, 0.25) is 0 Å². The first-order valence-electron chi connectivity index (χ1n) is 10.1. The lowest BCUT2D eigenvalue weighted by atomic mass is 10.0. The molecule has 172 valence electrons. The molecule has 8 nitrogen and oxygen atoms in total. The minimum Gasteiger partial charge on any atom is -0.482 e. The first-order valence-corrected chi connectivity index (χ1v) is 10.9. The van der Waals surface area contributed by atoms with Crippen LogP contribution < -0.4 is 10.1 Å². The van der Waals surface area contributed by atoms with Gasteiger partial charge in [-0.25, -0.2) is 0 Å². The van der Waals surface area contributed by atoms with Gasteiger partial charge >= 0.3 is 11.7 Å². The van der Waals surface area contributed by atoms with E-state index >= 15 is 0 Å². The van der Waals surface area contributed by atoms with E-state index in [0.717, 1.165) is 21.2 Å². The minimum atomic E-state index is -1.21. The zero-order valence-corrected chi connectivity index (χ0v) is 19.4. The predicted molar refractivity (Wildman–Crippen MR) is 127 cm³/mol. The molecule has 3 aromatic carbocycles. The number of ether oxygens (including phenoxy) is 1. The molecule has 0 saturated heterocycles. The van der Waals surface area contributed by atoms with E-state index in [2.05, 4.69) is 21.2 Å². The Morgan fingerprint density at radius 3 is 2.52 bits per heavy atom. The van der Waals surface area contributed by atoms with Crippen molar-refractivity contribution in [2.45, 2.75) is 32.2 Å². The molecule has 0 aliphatic heterocycles. The topological polar surface area (TPSA) is 122 Å². The van der Waals surface area contributed by atoms with Crippen LogP contribution >= 0.6 is 15.9 Å². The average Bonchev–Trinajstić information content (AvgIpc) is 2.79. The largest absolute Gasteiger partial charge is 0.482 e. The molecule has 3 aromatic rings. The number of carboxylic acids is 1. The quantitative estimate of drug-likeness (QED) is 0.268. The van der Waals surface area contributed by atoms with Gasteiger partial charge in [-0.1, -0.05) is 54.6 Å². The number of nitrogens with zero attached hydrogens (tertiary/aromatic N) is 1. The molecule has 9 heteroatoms. The fourth-order valence-corrected chi connectivity index (χ4v) is 3.92. The molecular weight excluding hydrogens is 492 g/mol. The number of hydrogen-bond donors (Lipinski definition) is 3. The van der Waals surface area contributed by atoms with E-state index < -0.39 is 23.0 Å². The van der Waals surface area contributed by atoms with Gasteiger partial charge in [-0.05, 0) is 45.6 Å². The number of nitrogens with one attached hydrogen (secondary N) is 1. The summed E-state index contributed by atoms with van der Waals surface area (Å²) in [6, 6.07) is 18.8. The molecule has 0 unspecified atom stereocenters. The number of nitro benzene ring substituents is 1. The number of benzene rings is 3. The molecule has 2 atom stereocenters. The second kappa shape index (κ2) is 11.0. The van der Waals surface area contributed by atoms with Gasteiger partial charge in [0, 0.05) is 22.6 Å². The Labute approximate surface area is 199 Å². The molecule has 0 amide bonds. The van der Waals surface area contributed by atoms with Gasteiger partial charge in [-0.2, -0.15) is 0 Å². The highest BCUT2D eigenvalue weighted by molar-refractivity contribution is 9.10. The van der Waals surface area contributed by atoms with Gasteiger partial charge in [-0.15, -0.1) is 0 Å². The zero-order valence-electron chi connectivity index (χ0n) is 17.8. The Morgan fingerprint density at radius 2 is 1.88 bits per heavy atom. The summed E-state index contributed by atoms with van der Waals surface area (Å²) in [6.07, 6.45) is -1.12. The smallest absolute Gasteiger partial charge is 0.323 e. The van der Waals surface area contributed by atoms with Crippen molar-refractivity contribution in [1.82, 2.24) is 5.32 Å². The second-order valence-electron chi connectivity index (χ2n) is 7.43. The van der Waals surface area contributed by atoms with Crippen LogP contribution in [-0.2, 0) is 17.9 Å². The molecule has 0 heterocycles. The highest BCUT2D eigenvalue weighted by atomic mass is 79.9. The summed E-state index contributed by atoms with van der Waals surface area (Å²) in [5, 5.41) is 33.0. The maximum atomic E-state index is 11.6. The van der Waals surface area contributed by atoms with Gasteiger partial charge in [0.15, 0.2) is 5.75 Å². The number of nitro groups is 1. The lowest BCUT2D eigenvalue weighted by molar-refractivity contribution is -0.386. The van der Waals surface area contributed by atoms with Gasteiger partial charge in [-0.3, -0.25) is 20.2 Å². The molecular formula is C24H23BrN2O6. The Balaban J connectivity index is 1.77. The molecule has 0 saturated carbocycles. The van der Waals surface area contributed by atoms with Crippen LogP contribution in [0.25, 0.3) is 11.1 Å². The van der Waals surface area contributed by atoms with Crippen LogP contribution in [-0.4, -0.2) is 33.3 Å². The van der Waals surface area contributed by atoms with Crippen molar-refractivity contribution in [3.05, 3.63) is 92.4 Å². The molecule has 0 aliphatic rings. The van der Waals surface area contributed by atoms with Gasteiger partial charge < -0.3 is 14.9 Å². The van der Waals surface area contributed by atoms with E-state index in [1.54, 1.807) is 6.07 Å². The highest BCUT2D eigenvalue weighted by Crippen LogP contribution is 2.33. The number of carboxylic acid groups (broad SMARTS) is 1. The summed E-state index contributed by atoms with van der Waals surface area (Å²) < 4.78 is 6.63. The summed E-state index contributed by atoms with van der Waals surface area (Å²) in [6.45, 7) is 1.51. The zero-order chi connectivity index (χ0) is 24.0. The summed E-state index contributed by atoms with van der Waals surface area (Å²) >= 11 is 3.62. The van der Waals surface area contributed by atoms with Crippen molar-refractivity contribution in [3.63, 3.8) is 0 Å². The summed E-state index contributed by atoms with van der Waals surface area (Å²) in [5.74, 6) is -1.10. The minimum absolute atomic E-state index is 0.0354. The van der Waals surface area contributed by atoms with Crippen LogP contribution in [0.2, 0.25) is 0 Å². The molecule has 0 radical (unpaired) electrons. The lowest BCUT2D eigenvalue weighted by Crippen LogP contribution is -2.44. The van der Waals surface area contributed by atoms with Gasteiger partial charge in [0.05, 0.1) is 11.0 Å². The second-order valence-corrected chi connectivity index (χ2v) is 8.22. The van der Waals surface area contributed by atoms with Gasteiger partial charge in [0.25, 0.3) is 0 Å². The molecule has 0 fully saturated rings. The van der Waals surface area contributed by atoms with Crippen LogP contribution in [0.4, 0.5) is 5.69 Å². The Kier molecular flexibility index (Phi) is 8.16. The van der Waals surface area contributed by atoms with Crippen LogP contribution in [0.3, 0.4) is 0 Å². The Hall–Kier alpha value is -3.27. The lowest BCUT2D eigenvalue weighted by Gasteiger charge is -2.17. The average molecular weight is 515 g/mol. The van der Waals surface area contributed by atoms with Crippen molar-refractivity contribution in [2.24, 2.45) is 0 Å². The van der Waals surface area contributed by atoms with E-state index in [-0.39, 0.29) is 24.6 Å². The van der Waals surface area contributed by atoms with Crippen LogP contribution in [0.15, 0.2) is 71.2 Å². The first kappa shape index (κ1) is 24.4. The molecule has 0 bridgehead atoms. The van der Waals surface area contributed by atoms with Crippen molar-refractivity contribution in [1.29, 1.82) is 0 Å². The molecule has 0 spiro atoms. The van der Waals surface area contributed by atoms with Gasteiger partial charge in [0.1, 0.15) is 12.6 Å². The molecule has 33 heavy (non-hydrogen) atoms. The van der Waals surface area contributed by atoms with Crippen molar-refractivity contribution >= 4 is 27.6 Å². The van der Waals surface area contributed by atoms with E-state index in [4.69, 9.17) is 9.84 Å². The van der Waals surface area contributed by atoms with Crippen molar-refractivity contribution in [2.75, 3.05) is 0 Å². The fraction of sp³-hybridized carbons (Fsp3) is 0.208. The van der Waals surface area contributed by atoms with Crippen LogP contribution in [0.1, 0.15) is 18.1 Å². The number of aliphatic hydroxyl groups is 1. The number of rotatable bonds is 10. The van der Waals surface area contributed by atoms with E-state index in [1.807, 2.05) is 48.5 Å². The predicted octanol–water partition coefficient (Wildman–Crippen LogP) is 4.53. The van der Waals surface area contributed by atoms with E-state index in [0.29, 0.717) is 5.56 Å². The summed E-state index contributed by atoms with van der Waals surface area (Å²) in [7, 11) is 0. The van der Waals surface area contributed by atoms with Crippen molar-refractivity contribution < 1.29 is 24.7 Å². The maximum absolute atomic E-state index is 11.6. The molecule has 0 aliphatic carbocycles. The summed E-state index contributed by atoms with van der Waals surface area (Å²) in [5.41, 5.74) is 3.11. The van der Waals surface area contributed by atoms with E-state index in [1.165, 1.54) is 19.1 Å². The number of aliphatic carboxylic acids is 1. The first-order chi connectivity index (χ1) is 15.8. The number of carbonyl (C=O) groups is 1. The van der Waals surface area contributed by atoms with Crippen molar-refractivity contribution in [3.8, 4) is 16.9 Å². The molecule has 3 rings (SSSR count). The fourth-order valence-electron chi connectivity index (χ4n) is 3.32. The maximum Gasteiger partial charge on any atom is 0.323 e. The Morgan fingerprint density at radius 1 is 1.15 bits per heavy atom. The third-order valence-electron chi connectivity index (χ3n) is 5.04. The number of hydrogen-bond acceptors (Lipinski definition) is 6. The highest BCUT2D eigenvalue weighted by Gasteiger charge is 2.23. The standard InChI is InChI=1S/C24H23BrN2O6/c1-15(28)23(24(29)30)26-13-16-10-11-21(20(12-16)27(31)32)33-14-18-8-5-9-19(22(18)25)17-6-3-2-4-7-17/h2-12,15,23,26,28H,13-14H2,1H3,(H,29,30)/t15-,23+/m1/s1. The third-order valence-corrected chi connectivity index (χ3v) is 5.98. The molecule has 3 N–H and O–H groups in total. The Bertz CT molecular complexity index is 1140.